The largest absolute Gasteiger partial charge is 0.398 e. The van der Waals surface area contributed by atoms with Crippen LogP contribution in [0.2, 0.25) is 5.02 Å². The van der Waals surface area contributed by atoms with E-state index >= 15 is 0 Å². The zero-order valence-electron chi connectivity index (χ0n) is 7.05. The van der Waals surface area contributed by atoms with E-state index in [-0.39, 0.29) is 27.4 Å². The summed E-state index contributed by atoms with van der Waals surface area (Å²) < 4.78 is 0. The van der Waals surface area contributed by atoms with Crippen LogP contribution in [-0.2, 0) is 0 Å². The molecule has 72 valence electrons. The van der Waals surface area contributed by atoms with Gasteiger partial charge in [-0.25, -0.2) is 0 Å². The van der Waals surface area contributed by atoms with Crippen LogP contribution in [-0.4, -0.2) is 11.1 Å². The van der Waals surface area contributed by atoms with Crippen molar-refractivity contribution in [2.24, 2.45) is 0 Å². The van der Waals surface area contributed by atoms with Gasteiger partial charge in [0, 0.05) is 11.3 Å². The van der Waals surface area contributed by atoms with Crippen molar-refractivity contribution in [3.63, 3.8) is 0 Å². The first kappa shape index (κ1) is 11.0. The van der Waals surface area contributed by atoms with Crippen LogP contribution in [0.5, 0.6) is 0 Å². The summed E-state index contributed by atoms with van der Waals surface area (Å²) in [6.45, 7) is 0. The van der Waals surface area contributed by atoms with E-state index in [1.54, 1.807) is 0 Å². The van der Waals surface area contributed by atoms with Crippen LogP contribution in [0.3, 0.4) is 0 Å². The van der Waals surface area contributed by atoms with Crippen molar-refractivity contribution < 1.29 is 4.79 Å². The zero-order valence-corrected chi connectivity index (χ0v) is 9.39. The quantitative estimate of drug-likeness (QED) is 0.511. The minimum atomic E-state index is -0.158. The van der Waals surface area contributed by atoms with Crippen molar-refractivity contribution in [1.82, 2.24) is 0 Å². The van der Waals surface area contributed by atoms with Crippen LogP contribution in [0.1, 0.15) is 15.9 Å². The highest BCUT2D eigenvalue weighted by molar-refractivity contribution is 9.09. The number of carbonyl (C=O) groups excluding carboxylic acids is 1. The highest BCUT2D eigenvalue weighted by Gasteiger charge is 2.11. The number of halogens is 2. The predicted octanol–water partition coefficient (Wildman–Crippen LogP) is 2.37. The molecular formula is C9H6BrClN2O. The van der Waals surface area contributed by atoms with Gasteiger partial charge in [0.2, 0.25) is 0 Å². The minimum absolute atomic E-state index is 0.158. The monoisotopic (exact) mass is 272 g/mol. The van der Waals surface area contributed by atoms with E-state index in [2.05, 4.69) is 15.9 Å². The molecule has 0 radical (unpaired) electrons. The van der Waals surface area contributed by atoms with E-state index in [9.17, 15) is 4.79 Å². The number of nitriles is 1. The number of hydrogen-bond acceptors (Lipinski definition) is 3. The number of ketones is 1. The molecule has 0 aliphatic heterocycles. The summed E-state index contributed by atoms with van der Waals surface area (Å²) >= 11 is 8.79. The number of hydrogen-bond donors (Lipinski definition) is 1. The third-order valence-corrected chi connectivity index (χ3v) is 2.50. The molecule has 0 amide bonds. The Hall–Kier alpha value is -1.05. The minimum Gasteiger partial charge on any atom is -0.398 e. The van der Waals surface area contributed by atoms with Gasteiger partial charge in [-0.1, -0.05) is 27.5 Å². The number of alkyl halides is 1. The second-order valence-corrected chi connectivity index (χ2v) is 3.56. The molecule has 0 bridgehead atoms. The summed E-state index contributed by atoms with van der Waals surface area (Å²) in [7, 11) is 0. The topological polar surface area (TPSA) is 66.9 Å². The number of nitrogens with zero attached hydrogens (tertiary/aromatic N) is 1. The van der Waals surface area contributed by atoms with Gasteiger partial charge in [0.25, 0.3) is 0 Å². The van der Waals surface area contributed by atoms with Crippen LogP contribution in [0, 0.1) is 11.3 Å². The number of anilines is 1. The van der Waals surface area contributed by atoms with Crippen LogP contribution < -0.4 is 5.73 Å². The van der Waals surface area contributed by atoms with E-state index in [0.29, 0.717) is 5.56 Å². The Morgan fingerprint density at radius 2 is 2.29 bits per heavy atom. The van der Waals surface area contributed by atoms with Gasteiger partial charge in [-0.3, -0.25) is 4.79 Å². The van der Waals surface area contributed by atoms with E-state index < -0.39 is 0 Å². The molecule has 0 aliphatic carbocycles. The number of benzene rings is 1. The molecule has 1 aromatic carbocycles. The summed E-state index contributed by atoms with van der Waals surface area (Å²) in [4.78, 5) is 11.3. The molecule has 0 atom stereocenters. The first-order valence-electron chi connectivity index (χ1n) is 3.68. The highest BCUT2D eigenvalue weighted by atomic mass is 79.9. The molecule has 0 heterocycles. The van der Waals surface area contributed by atoms with Crippen molar-refractivity contribution in [2.45, 2.75) is 0 Å². The van der Waals surface area contributed by atoms with E-state index in [4.69, 9.17) is 22.6 Å². The second-order valence-electron chi connectivity index (χ2n) is 2.59. The van der Waals surface area contributed by atoms with Gasteiger partial charge < -0.3 is 5.73 Å². The summed E-state index contributed by atoms with van der Waals surface area (Å²) in [6, 6.07) is 4.70. The Bertz CT molecular complexity index is 426. The van der Waals surface area contributed by atoms with Gasteiger partial charge in [-0.2, -0.15) is 5.26 Å². The highest BCUT2D eigenvalue weighted by Crippen LogP contribution is 2.23. The zero-order chi connectivity index (χ0) is 10.7. The number of nitrogens with two attached hydrogens (primary N) is 1. The first-order chi connectivity index (χ1) is 6.60. The van der Waals surface area contributed by atoms with Crippen molar-refractivity contribution in [1.29, 1.82) is 5.26 Å². The van der Waals surface area contributed by atoms with E-state index in [1.807, 2.05) is 6.07 Å². The summed E-state index contributed by atoms with van der Waals surface area (Å²) in [5.74, 6) is -0.158. The number of rotatable bonds is 2. The lowest BCUT2D eigenvalue weighted by molar-refractivity contribution is 0.102. The predicted molar refractivity (Wildman–Crippen MR) is 58.7 cm³/mol. The van der Waals surface area contributed by atoms with Crippen LogP contribution in [0.25, 0.3) is 0 Å². The first-order valence-corrected chi connectivity index (χ1v) is 5.18. The van der Waals surface area contributed by atoms with Crippen LogP contribution >= 0.6 is 27.5 Å². The van der Waals surface area contributed by atoms with Crippen LogP contribution in [0.4, 0.5) is 5.69 Å². The number of nitrogen functional groups attached to an aromatic ring is 1. The normalized spacial score (nSPS) is 9.50. The molecular weight excluding hydrogens is 267 g/mol. The molecule has 0 saturated heterocycles. The fraction of sp³-hybridized carbons (Fsp3) is 0.111. The number of Topliss-reactive ketones (excluding diaryl/α,β-unsaturated/α-hetero) is 1. The summed E-state index contributed by atoms with van der Waals surface area (Å²) in [6.07, 6.45) is 0. The maximum Gasteiger partial charge on any atom is 0.175 e. The maximum atomic E-state index is 11.3. The molecule has 14 heavy (non-hydrogen) atoms. The SMILES string of the molecule is N#Cc1cc(N)c(C(=O)CBr)cc1Cl. The smallest absolute Gasteiger partial charge is 0.175 e. The lowest BCUT2D eigenvalue weighted by Crippen LogP contribution is -2.05. The summed E-state index contributed by atoms with van der Waals surface area (Å²) in [5.41, 5.74) is 6.48. The third-order valence-electron chi connectivity index (χ3n) is 1.68. The Kier molecular flexibility index (Phi) is 3.50. The molecule has 3 nitrogen and oxygen atoms in total. The van der Waals surface area contributed by atoms with Gasteiger partial charge in [-0.05, 0) is 12.1 Å². The van der Waals surface area contributed by atoms with Crippen molar-refractivity contribution in [3.8, 4) is 6.07 Å². The van der Waals surface area contributed by atoms with Crippen molar-refractivity contribution in [2.75, 3.05) is 11.1 Å². The number of carbonyl (C=O) groups is 1. The van der Waals surface area contributed by atoms with Gasteiger partial charge in [0.05, 0.1) is 15.9 Å². The Labute approximate surface area is 94.6 Å². The fourth-order valence-electron chi connectivity index (χ4n) is 0.989. The molecule has 5 heteroatoms. The fourth-order valence-corrected chi connectivity index (χ4v) is 1.50. The average molecular weight is 274 g/mol. The molecule has 0 unspecified atom stereocenters. The second kappa shape index (κ2) is 4.45. The van der Waals surface area contributed by atoms with E-state index in [1.165, 1.54) is 12.1 Å². The Balaban J connectivity index is 3.30. The van der Waals surface area contributed by atoms with Gasteiger partial charge >= 0.3 is 0 Å². The summed E-state index contributed by atoms with van der Waals surface area (Å²) in [5, 5.41) is 9.07. The molecule has 0 saturated carbocycles. The molecule has 1 rings (SSSR count). The standard InChI is InChI=1S/C9H6BrClN2O/c10-3-9(14)6-2-7(11)5(4-12)1-8(6)13/h1-2H,3,13H2. The van der Waals surface area contributed by atoms with Crippen LogP contribution in [0.15, 0.2) is 12.1 Å². The van der Waals surface area contributed by atoms with Gasteiger partial charge in [0.1, 0.15) is 6.07 Å². The molecule has 0 aliphatic rings. The molecule has 0 spiro atoms. The van der Waals surface area contributed by atoms with Gasteiger partial charge in [0.15, 0.2) is 5.78 Å². The molecule has 0 fully saturated rings. The van der Waals surface area contributed by atoms with E-state index in [0.717, 1.165) is 0 Å². The van der Waals surface area contributed by atoms with Gasteiger partial charge in [-0.15, -0.1) is 0 Å². The Morgan fingerprint density at radius 1 is 1.64 bits per heavy atom. The maximum absolute atomic E-state index is 11.3. The lowest BCUT2D eigenvalue weighted by Gasteiger charge is -2.04. The average Bonchev–Trinajstić information content (AvgIpc) is 2.19. The third kappa shape index (κ3) is 2.06. The Morgan fingerprint density at radius 3 is 2.79 bits per heavy atom. The van der Waals surface area contributed by atoms with Crippen molar-refractivity contribution >= 4 is 39.0 Å². The molecule has 2 N–H and O–H groups in total. The lowest BCUT2D eigenvalue weighted by atomic mass is 10.1. The molecule has 1 aromatic rings. The van der Waals surface area contributed by atoms with Crippen molar-refractivity contribution in [3.05, 3.63) is 28.3 Å². The molecule has 0 aromatic heterocycles.